The van der Waals surface area contributed by atoms with Crippen LogP contribution < -0.4 is 16.0 Å². The molecular weight excluding hydrogens is 528 g/mol. The minimum absolute atomic E-state index is 0.0818. The van der Waals surface area contributed by atoms with Gasteiger partial charge in [0.25, 0.3) is 0 Å². The fourth-order valence-corrected chi connectivity index (χ4v) is 6.46. The third-order valence-corrected chi connectivity index (χ3v) is 8.50. The molecule has 3 aliphatic rings. The number of fused-ring (bicyclic) bond motifs is 3. The van der Waals surface area contributed by atoms with Gasteiger partial charge in [-0.2, -0.15) is 0 Å². The van der Waals surface area contributed by atoms with E-state index in [2.05, 4.69) is 20.9 Å². The molecule has 41 heavy (non-hydrogen) atoms. The molecule has 3 amide bonds. The van der Waals surface area contributed by atoms with Gasteiger partial charge in [-0.3, -0.25) is 14.4 Å². The van der Waals surface area contributed by atoms with E-state index in [0.29, 0.717) is 37.3 Å². The Hall–Kier alpha value is -4.18. The summed E-state index contributed by atoms with van der Waals surface area (Å²) in [5.41, 5.74) is 2.21. The van der Waals surface area contributed by atoms with Crippen molar-refractivity contribution in [2.45, 2.75) is 44.6 Å². The first-order chi connectivity index (χ1) is 19.6. The van der Waals surface area contributed by atoms with Gasteiger partial charge in [0.15, 0.2) is 0 Å². The zero-order valence-electron chi connectivity index (χ0n) is 22.7. The number of nitrogens with zero attached hydrogens (tertiary/aromatic N) is 2. The average molecular weight is 560 g/mol. The van der Waals surface area contributed by atoms with Crippen molar-refractivity contribution >= 4 is 29.2 Å². The van der Waals surface area contributed by atoms with Crippen LogP contribution in [0.4, 0.5) is 20.3 Å². The van der Waals surface area contributed by atoms with Crippen molar-refractivity contribution in [2.75, 3.05) is 30.3 Å². The van der Waals surface area contributed by atoms with Crippen LogP contribution in [0.1, 0.15) is 42.0 Å². The van der Waals surface area contributed by atoms with Gasteiger partial charge in [-0.15, -0.1) is 0 Å². The highest BCUT2D eigenvalue weighted by atomic mass is 19.1. The van der Waals surface area contributed by atoms with Crippen molar-refractivity contribution in [3.05, 3.63) is 88.6 Å². The van der Waals surface area contributed by atoms with Gasteiger partial charge in [0.1, 0.15) is 24.0 Å². The van der Waals surface area contributed by atoms with E-state index in [-0.39, 0.29) is 30.5 Å². The maximum Gasteiger partial charge on any atom is 0.244 e. The molecule has 1 saturated heterocycles. The Morgan fingerprint density at radius 3 is 2.61 bits per heavy atom. The number of piperidine rings is 1. The van der Waals surface area contributed by atoms with E-state index in [0.717, 1.165) is 35.7 Å². The van der Waals surface area contributed by atoms with Crippen molar-refractivity contribution in [3.8, 4) is 0 Å². The number of hydrogen-bond donors (Lipinski definition) is 3. The average Bonchev–Trinajstić information content (AvgIpc) is 3.44. The van der Waals surface area contributed by atoms with Gasteiger partial charge >= 0.3 is 0 Å². The van der Waals surface area contributed by atoms with Gasteiger partial charge in [0.2, 0.25) is 17.7 Å². The fourth-order valence-electron chi connectivity index (χ4n) is 6.46. The van der Waals surface area contributed by atoms with Crippen molar-refractivity contribution < 1.29 is 23.2 Å². The molecule has 3 aromatic rings. The van der Waals surface area contributed by atoms with Crippen LogP contribution >= 0.6 is 0 Å². The van der Waals surface area contributed by atoms with Crippen molar-refractivity contribution in [1.82, 2.24) is 15.2 Å². The van der Waals surface area contributed by atoms with Crippen LogP contribution in [0.2, 0.25) is 0 Å². The molecular formula is C31H31F2N5O3. The first-order valence-electron chi connectivity index (χ1n) is 13.8. The van der Waals surface area contributed by atoms with Crippen LogP contribution in [-0.2, 0) is 39.2 Å². The van der Waals surface area contributed by atoms with E-state index < -0.39 is 28.4 Å². The first kappa shape index (κ1) is 27.0. The maximum absolute atomic E-state index is 13.9. The Balaban J connectivity index is 1.20. The number of benzene rings is 2. The minimum Gasteiger partial charge on any atom is -0.329 e. The van der Waals surface area contributed by atoms with E-state index in [1.165, 1.54) is 17.0 Å². The van der Waals surface area contributed by atoms with Crippen LogP contribution in [0.5, 0.6) is 0 Å². The molecule has 1 unspecified atom stereocenters. The molecule has 1 fully saturated rings. The molecule has 2 atom stereocenters. The normalized spacial score (nSPS) is 22.7. The van der Waals surface area contributed by atoms with Gasteiger partial charge in [-0.25, -0.2) is 13.8 Å². The largest absolute Gasteiger partial charge is 0.329 e. The van der Waals surface area contributed by atoms with Gasteiger partial charge < -0.3 is 20.9 Å². The summed E-state index contributed by atoms with van der Waals surface area (Å²) in [5, 5.41) is 9.01. The summed E-state index contributed by atoms with van der Waals surface area (Å²) in [6, 6.07) is 12.4. The monoisotopic (exact) mass is 559 g/mol. The summed E-state index contributed by atoms with van der Waals surface area (Å²) in [7, 11) is 0. The van der Waals surface area contributed by atoms with Crippen molar-refractivity contribution in [1.29, 1.82) is 0 Å². The Morgan fingerprint density at radius 2 is 1.85 bits per heavy atom. The Labute approximate surface area is 236 Å². The lowest BCUT2D eigenvalue weighted by molar-refractivity contribution is -0.145. The molecule has 0 radical (unpaired) electrons. The van der Waals surface area contributed by atoms with E-state index in [1.54, 1.807) is 12.3 Å². The second kappa shape index (κ2) is 10.3. The highest BCUT2D eigenvalue weighted by Gasteiger charge is 2.51. The van der Waals surface area contributed by atoms with Crippen molar-refractivity contribution in [3.63, 3.8) is 0 Å². The van der Waals surface area contributed by atoms with Gasteiger partial charge in [0, 0.05) is 36.6 Å². The van der Waals surface area contributed by atoms with Crippen LogP contribution in [-0.4, -0.2) is 47.2 Å². The Kier molecular flexibility index (Phi) is 6.81. The molecule has 10 heteroatoms. The Morgan fingerprint density at radius 1 is 1.07 bits per heavy atom. The third-order valence-electron chi connectivity index (χ3n) is 8.50. The van der Waals surface area contributed by atoms with Crippen LogP contribution in [0, 0.1) is 17.0 Å². The molecule has 1 spiro atoms. The summed E-state index contributed by atoms with van der Waals surface area (Å²) in [4.78, 5) is 45.6. The molecule has 1 aromatic heterocycles. The van der Waals surface area contributed by atoms with Crippen molar-refractivity contribution in [2.24, 2.45) is 5.41 Å². The molecule has 3 N–H and O–H groups in total. The number of carbonyl (C=O) groups excluding carboxylic acids is 3. The lowest BCUT2D eigenvalue weighted by atomic mass is 9.79. The third kappa shape index (κ3) is 5.08. The predicted molar refractivity (Wildman–Crippen MR) is 149 cm³/mol. The first-order valence-corrected chi connectivity index (χ1v) is 13.8. The molecule has 1 aliphatic carbocycles. The summed E-state index contributed by atoms with van der Waals surface area (Å²) in [6.45, 7) is 2.73. The number of nitrogens with one attached hydrogen (secondary N) is 3. The van der Waals surface area contributed by atoms with Crippen LogP contribution in [0.15, 0.2) is 54.7 Å². The second-order valence-corrected chi connectivity index (χ2v) is 11.6. The number of carbonyl (C=O) groups is 3. The summed E-state index contributed by atoms with van der Waals surface area (Å²) in [5.74, 6) is -1.66. The molecule has 212 valence electrons. The maximum atomic E-state index is 13.9. The fraction of sp³-hybridized carbons (Fsp3) is 0.355. The minimum atomic E-state index is -0.743. The summed E-state index contributed by atoms with van der Waals surface area (Å²) >= 11 is 0. The summed E-state index contributed by atoms with van der Waals surface area (Å²) < 4.78 is 27.8. The topological polar surface area (TPSA) is 103 Å². The van der Waals surface area contributed by atoms with Crippen LogP contribution in [0.25, 0.3) is 0 Å². The zero-order chi connectivity index (χ0) is 28.8. The molecule has 2 aliphatic heterocycles. The number of amides is 3. The lowest BCUT2D eigenvalue weighted by Crippen LogP contribution is -2.51. The van der Waals surface area contributed by atoms with E-state index >= 15 is 0 Å². The molecule has 6 rings (SSSR count). The quantitative estimate of drug-likeness (QED) is 0.428. The molecule has 3 heterocycles. The molecule has 2 aromatic carbocycles. The molecule has 0 saturated carbocycles. The van der Waals surface area contributed by atoms with Gasteiger partial charge in [-0.05, 0) is 86.2 Å². The number of halogens is 2. The molecule has 0 bridgehead atoms. The van der Waals surface area contributed by atoms with E-state index in [1.807, 2.05) is 31.2 Å². The Bertz CT molecular complexity index is 1530. The standard InChI is InChI=1S/C31H31F2N5O3/c1-30(7-3-8-34-18-30)29(41)38(16-19-10-22(32)13-23(33)11-19)17-26(39)36-24-6-5-20-14-31(15-21(20)12-24)25-4-2-9-35-27(25)37-28(31)40/h2,4-6,9-13,34H,3,7-8,14-18H2,1H3,(H,36,39)(H,35,37,40)/t30?,31-/m1/s1. The second-order valence-electron chi connectivity index (χ2n) is 11.6. The lowest BCUT2D eigenvalue weighted by Gasteiger charge is -2.37. The highest BCUT2D eigenvalue weighted by Crippen LogP contribution is 2.47. The molecule has 8 nitrogen and oxygen atoms in total. The SMILES string of the molecule is CC1(C(=O)N(CC(=O)Nc2ccc3c(c2)C[C@@]2(C3)C(=O)Nc3ncccc32)Cc2cc(F)cc(F)c2)CCCNC1. The number of anilines is 2. The highest BCUT2D eigenvalue weighted by molar-refractivity contribution is 6.06. The zero-order valence-corrected chi connectivity index (χ0v) is 22.7. The number of pyridine rings is 1. The number of rotatable bonds is 6. The smallest absolute Gasteiger partial charge is 0.244 e. The number of aromatic nitrogens is 1. The predicted octanol–water partition coefficient (Wildman–Crippen LogP) is 3.71. The van der Waals surface area contributed by atoms with E-state index in [9.17, 15) is 23.2 Å². The van der Waals surface area contributed by atoms with E-state index in [4.69, 9.17) is 0 Å². The van der Waals surface area contributed by atoms with Crippen LogP contribution in [0.3, 0.4) is 0 Å². The van der Waals surface area contributed by atoms with Gasteiger partial charge in [0.05, 0.1) is 10.8 Å². The summed E-state index contributed by atoms with van der Waals surface area (Å²) in [6.07, 6.45) is 4.13. The number of hydrogen-bond acceptors (Lipinski definition) is 5. The van der Waals surface area contributed by atoms with Gasteiger partial charge in [-0.1, -0.05) is 12.1 Å².